The minimum atomic E-state index is -4.65. The summed E-state index contributed by atoms with van der Waals surface area (Å²) >= 11 is 5.71. The lowest BCUT2D eigenvalue weighted by atomic mass is 10.1. The molecular formula is C36H42ClF3N8O5. The third-order valence-corrected chi connectivity index (χ3v) is 8.31. The number of carbonyl (C=O) groups excluding carboxylic acids is 2. The van der Waals surface area contributed by atoms with E-state index in [4.69, 9.17) is 31.3 Å². The molecule has 1 saturated heterocycles. The molecule has 1 heterocycles. The van der Waals surface area contributed by atoms with Gasteiger partial charge >= 0.3 is 6.18 Å². The van der Waals surface area contributed by atoms with Crippen molar-refractivity contribution in [1.29, 1.82) is 0 Å². The number of rotatable bonds is 20. The van der Waals surface area contributed by atoms with E-state index in [2.05, 4.69) is 36.1 Å². The fourth-order valence-corrected chi connectivity index (χ4v) is 5.55. The van der Waals surface area contributed by atoms with E-state index in [0.29, 0.717) is 58.3 Å². The van der Waals surface area contributed by atoms with Crippen molar-refractivity contribution in [3.8, 4) is 0 Å². The summed E-state index contributed by atoms with van der Waals surface area (Å²) in [7, 11) is 0. The van der Waals surface area contributed by atoms with Crippen molar-refractivity contribution in [3.63, 3.8) is 0 Å². The highest BCUT2D eigenvalue weighted by Gasteiger charge is 2.33. The number of halogens is 4. The van der Waals surface area contributed by atoms with Crippen LogP contribution < -0.4 is 21.0 Å². The van der Waals surface area contributed by atoms with Gasteiger partial charge in [-0.1, -0.05) is 34.9 Å². The van der Waals surface area contributed by atoms with Gasteiger partial charge in [-0.3, -0.25) is 9.59 Å². The van der Waals surface area contributed by atoms with Crippen LogP contribution in [0.2, 0.25) is 5.02 Å². The van der Waals surface area contributed by atoms with E-state index < -0.39 is 28.6 Å². The van der Waals surface area contributed by atoms with Gasteiger partial charge in [-0.25, -0.2) is 5.43 Å². The van der Waals surface area contributed by atoms with Gasteiger partial charge in [-0.2, -0.15) is 18.3 Å². The zero-order valence-corrected chi connectivity index (χ0v) is 29.8. The molecule has 17 heteroatoms. The third kappa shape index (κ3) is 14.0. The van der Waals surface area contributed by atoms with Gasteiger partial charge in [0.2, 0.25) is 0 Å². The fraction of sp³-hybridized carbons (Fsp3) is 0.417. The number of anilines is 2. The molecule has 4 rings (SSSR count). The van der Waals surface area contributed by atoms with E-state index in [0.717, 1.165) is 62.0 Å². The van der Waals surface area contributed by atoms with Crippen LogP contribution in [0.5, 0.6) is 0 Å². The molecule has 284 valence electrons. The van der Waals surface area contributed by atoms with Crippen molar-refractivity contribution in [3.05, 3.63) is 104 Å². The topological polar surface area (TPSA) is 162 Å². The molecule has 0 aliphatic carbocycles. The highest BCUT2D eigenvalue weighted by Crippen LogP contribution is 2.35. The Balaban J connectivity index is 1.31. The molecule has 0 atom stereocenters. The number of ether oxygens (including phenoxy) is 3. The number of hydrogen-bond donors (Lipinski definition) is 3. The van der Waals surface area contributed by atoms with E-state index in [1.54, 1.807) is 30.3 Å². The molecular weight excluding hydrogens is 717 g/mol. The molecule has 3 aromatic carbocycles. The summed E-state index contributed by atoms with van der Waals surface area (Å²) in [6, 6.07) is 15.6. The monoisotopic (exact) mass is 758 g/mol. The quantitative estimate of drug-likeness (QED) is 0.0285. The van der Waals surface area contributed by atoms with Crippen LogP contribution in [0.25, 0.3) is 10.4 Å². The second kappa shape index (κ2) is 21.7. The Morgan fingerprint density at radius 3 is 2.38 bits per heavy atom. The van der Waals surface area contributed by atoms with E-state index >= 15 is 0 Å². The van der Waals surface area contributed by atoms with Crippen molar-refractivity contribution in [2.45, 2.75) is 32.0 Å². The average molecular weight is 759 g/mol. The molecule has 0 bridgehead atoms. The summed E-state index contributed by atoms with van der Waals surface area (Å²) in [6.45, 7) is 5.47. The van der Waals surface area contributed by atoms with Crippen LogP contribution in [0.1, 0.15) is 56.7 Å². The van der Waals surface area contributed by atoms with Gasteiger partial charge in [0, 0.05) is 48.9 Å². The number of hydrogen-bond acceptors (Lipinski definition) is 9. The summed E-state index contributed by atoms with van der Waals surface area (Å²) in [4.78, 5) is 31.6. The van der Waals surface area contributed by atoms with Crippen molar-refractivity contribution < 1.29 is 37.0 Å². The van der Waals surface area contributed by atoms with Gasteiger partial charge < -0.3 is 29.7 Å². The van der Waals surface area contributed by atoms with Crippen molar-refractivity contribution >= 4 is 41.0 Å². The second-order valence-electron chi connectivity index (χ2n) is 11.8. The second-order valence-corrected chi connectivity index (χ2v) is 12.2. The first-order valence-electron chi connectivity index (χ1n) is 17.1. The Bertz CT molecular complexity index is 1730. The number of nitrogens with zero attached hydrogens (tertiary/aromatic N) is 5. The summed E-state index contributed by atoms with van der Waals surface area (Å²) in [5.41, 5.74) is 12.1. The summed E-state index contributed by atoms with van der Waals surface area (Å²) < 4.78 is 56.1. The molecule has 0 aromatic heterocycles. The third-order valence-electron chi connectivity index (χ3n) is 7.98. The molecule has 0 saturated carbocycles. The van der Waals surface area contributed by atoms with Crippen LogP contribution in [0, 0.1) is 0 Å². The number of alkyl halides is 3. The van der Waals surface area contributed by atoms with E-state index in [1.165, 1.54) is 6.07 Å². The highest BCUT2D eigenvalue weighted by atomic mass is 35.5. The molecule has 1 fully saturated rings. The number of nitrogens with one attached hydrogen (secondary N) is 3. The lowest BCUT2D eigenvalue weighted by molar-refractivity contribution is -0.137. The lowest BCUT2D eigenvalue weighted by Crippen LogP contribution is -2.30. The number of piperidine rings is 1. The van der Waals surface area contributed by atoms with Crippen LogP contribution >= 0.6 is 11.6 Å². The number of benzene rings is 3. The average Bonchev–Trinajstić information content (AvgIpc) is 3.15. The van der Waals surface area contributed by atoms with Crippen molar-refractivity contribution in [1.82, 2.24) is 10.7 Å². The first-order chi connectivity index (χ1) is 25.7. The maximum atomic E-state index is 13.4. The molecule has 1 aliphatic heterocycles. The van der Waals surface area contributed by atoms with Crippen LogP contribution in [0.15, 0.2) is 70.9 Å². The number of hydrazone groups is 1. The lowest BCUT2D eigenvalue weighted by Gasteiger charge is -2.29. The summed E-state index contributed by atoms with van der Waals surface area (Å²) in [5.74, 6) is -1.08. The molecule has 13 nitrogen and oxygen atoms in total. The van der Waals surface area contributed by atoms with Gasteiger partial charge in [-0.05, 0) is 78.4 Å². The Labute approximate surface area is 310 Å². The van der Waals surface area contributed by atoms with Crippen molar-refractivity contribution in [2.24, 2.45) is 10.2 Å². The van der Waals surface area contributed by atoms with E-state index in [-0.39, 0.29) is 23.4 Å². The maximum Gasteiger partial charge on any atom is 0.417 e. The standard InChI is InChI=1S/C36H42ClF3N8O5/c37-32-9-7-27(22-31(32)36(38,39)40)25-44-46-35(50)30-23-29(48-13-2-1-3-14-48)8-10-33(30)45-34(49)28-6-4-5-26(21-28)24-42-11-15-51-17-19-53-20-18-52-16-12-43-47-41/h4-10,21-23,25,42H,1-3,11-20,24H2,(H,45,49)(H,46,50)/b44-25-. The SMILES string of the molecule is [N-]=[N+]=NCCOCCOCCOCCNCc1cccc(C(=O)Nc2ccc(N3CCCCC3)cc2C(=O)N/N=C\c2ccc(Cl)c(C(F)(F)F)c2)c1. The van der Waals surface area contributed by atoms with Gasteiger partial charge in [0.15, 0.2) is 0 Å². The van der Waals surface area contributed by atoms with Gasteiger partial charge in [0.05, 0.1) is 67.7 Å². The molecule has 53 heavy (non-hydrogen) atoms. The predicted molar refractivity (Wildman–Crippen MR) is 197 cm³/mol. The Kier molecular flexibility index (Phi) is 16.8. The predicted octanol–water partition coefficient (Wildman–Crippen LogP) is 6.82. The fourth-order valence-electron chi connectivity index (χ4n) is 5.33. The van der Waals surface area contributed by atoms with E-state index in [1.807, 2.05) is 12.1 Å². The molecule has 0 spiro atoms. The van der Waals surface area contributed by atoms with E-state index in [9.17, 15) is 22.8 Å². The smallest absolute Gasteiger partial charge is 0.379 e. The minimum absolute atomic E-state index is 0.0870. The van der Waals surface area contributed by atoms with Crippen LogP contribution in [-0.2, 0) is 26.9 Å². The van der Waals surface area contributed by atoms with Crippen molar-refractivity contribution in [2.75, 3.05) is 76.0 Å². The van der Waals surface area contributed by atoms with Crippen LogP contribution in [0.3, 0.4) is 0 Å². The molecule has 3 aromatic rings. The summed E-state index contributed by atoms with van der Waals surface area (Å²) in [6.07, 6.45) is -0.417. The normalized spacial score (nSPS) is 13.2. The number of azide groups is 1. The van der Waals surface area contributed by atoms with Crippen LogP contribution in [-0.4, -0.2) is 83.8 Å². The maximum absolute atomic E-state index is 13.4. The Hall–Kier alpha value is -4.70. The zero-order chi connectivity index (χ0) is 37.9. The Morgan fingerprint density at radius 1 is 0.906 bits per heavy atom. The minimum Gasteiger partial charge on any atom is -0.379 e. The molecule has 2 amide bonds. The molecule has 3 N–H and O–H groups in total. The number of carbonyl (C=O) groups is 2. The molecule has 0 radical (unpaired) electrons. The Morgan fingerprint density at radius 2 is 1.64 bits per heavy atom. The molecule has 1 aliphatic rings. The largest absolute Gasteiger partial charge is 0.417 e. The van der Waals surface area contributed by atoms with Gasteiger partial charge in [0.25, 0.3) is 11.8 Å². The molecule has 0 unspecified atom stereocenters. The number of amides is 2. The highest BCUT2D eigenvalue weighted by molar-refractivity contribution is 6.31. The first-order valence-corrected chi connectivity index (χ1v) is 17.5. The zero-order valence-electron chi connectivity index (χ0n) is 29.0. The van der Waals surface area contributed by atoms with Crippen LogP contribution in [0.4, 0.5) is 24.5 Å². The van der Waals surface area contributed by atoms with Gasteiger partial charge in [0.1, 0.15) is 0 Å². The summed E-state index contributed by atoms with van der Waals surface area (Å²) in [5, 5.41) is 12.9. The van der Waals surface area contributed by atoms with Gasteiger partial charge in [-0.15, -0.1) is 0 Å². The first kappa shape index (κ1) is 41.1.